The van der Waals surface area contributed by atoms with Crippen LogP contribution in [0.5, 0.6) is 0 Å². The summed E-state index contributed by atoms with van der Waals surface area (Å²) in [5.41, 5.74) is 1.27. The van der Waals surface area contributed by atoms with Crippen LogP contribution in [0, 0.1) is 0 Å². The van der Waals surface area contributed by atoms with Gasteiger partial charge >= 0.3 is 12.1 Å². The molecule has 1 aromatic heterocycles. The van der Waals surface area contributed by atoms with Gasteiger partial charge in [0, 0.05) is 31.1 Å². The molecule has 8 heteroatoms. The number of carbonyl (C=O) groups is 2. The number of aromatic nitrogens is 1. The van der Waals surface area contributed by atoms with Crippen LogP contribution >= 0.6 is 11.3 Å². The van der Waals surface area contributed by atoms with E-state index in [1.807, 2.05) is 56.5 Å². The van der Waals surface area contributed by atoms with Crippen molar-refractivity contribution in [2.24, 2.45) is 0 Å². The maximum Gasteiger partial charge on any atom is 0.410 e. The Hall–Kier alpha value is -2.61. The summed E-state index contributed by atoms with van der Waals surface area (Å²) in [6, 6.07) is 9.38. The molecule has 7 nitrogen and oxygen atoms in total. The van der Waals surface area contributed by atoms with Crippen molar-refractivity contribution < 1.29 is 14.3 Å². The summed E-state index contributed by atoms with van der Waals surface area (Å²) in [6.45, 7) is 6.07. The molecule has 1 heterocycles. The lowest BCUT2D eigenvalue weighted by atomic mass is 10.2. The first-order valence-corrected chi connectivity index (χ1v) is 9.12. The van der Waals surface area contributed by atoms with Crippen LogP contribution in [-0.2, 0) is 4.74 Å². The van der Waals surface area contributed by atoms with Crippen molar-refractivity contribution in [2.45, 2.75) is 26.4 Å². The van der Waals surface area contributed by atoms with Gasteiger partial charge in [0.25, 0.3) is 0 Å². The Balaban J connectivity index is 1.76. The zero-order chi connectivity index (χ0) is 19.2. The Morgan fingerprint density at radius 2 is 1.92 bits per heavy atom. The molecule has 0 spiro atoms. The molecule has 26 heavy (non-hydrogen) atoms. The molecule has 0 unspecified atom stereocenters. The summed E-state index contributed by atoms with van der Waals surface area (Å²) in [5, 5.41) is 7.80. The molecule has 0 aliphatic heterocycles. The summed E-state index contributed by atoms with van der Waals surface area (Å²) in [5.74, 6) is 0. The van der Waals surface area contributed by atoms with Crippen molar-refractivity contribution in [2.75, 3.05) is 25.5 Å². The van der Waals surface area contributed by atoms with Gasteiger partial charge in [-0.25, -0.2) is 14.6 Å². The van der Waals surface area contributed by atoms with Crippen molar-refractivity contribution in [1.82, 2.24) is 15.2 Å². The van der Waals surface area contributed by atoms with Crippen LogP contribution in [0.1, 0.15) is 20.8 Å². The third-order valence-corrected chi connectivity index (χ3v) is 3.99. The first-order valence-electron chi connectivity index (χ1n) is 8.24. The number of anilines is 1. The van der Waals surface area contributed by atoms with Gasteiger partial charge in [-0.2, -0.15) is 0 Å². The normalized spacial score (nSPS) is 10.9. The summed E-state index contributed by atoms with van der Waals surface area (Å²) < 4.78 is 5.25. The fourth-order valence-corrected chi connectivity index (χ4v) is 2.70. The SMILES string of the molecule is CN(CCNC(=O)Nc1nc(-c2ccccc2)cs1)C(=O)OC(C)(C)C. The zero-order valence-corrected chi connectivity index (χ0v) is 16.2. The van der Waals surface area contributed by atoms with Gasteiger partial charge < -0.3 is 15.0 Å². The van der Waals surface area contributed by atoms with Gasteiger partial charge in [-0.15, -0.1) is 11.3 Å². The Morgan fingerprint density at radius 1 is 1.23 bits per heavy atom. The van der Waals surface area contributed by atoms with E-state index >= 15 is 0 Å². The number of nitrogens with zero attached hydrogens (tertiary/aromatic N) is 2. The fraction of sp³-hybridized carbons (Fsp3) is 0.389. The molecule has 140 valence electrons. The lowest BCUT2D eigenvalue weighted by Gasteiger charge is -2.24. The minimum Gasteiger partial charge on any atom is -0.444 e. The van der Waals surface area contributed by atoms with E-state index in [4.69, 9.17) is 4.74 Å². The number of amides is 3. The van der Waals surface area contributed by atoms with Gasteiger partial charge in [-0.1, -0.05) is 30.3 Å². The number of benzene rings is 1. The predicted octanol–water partition coefficient (Wildman–Crippen LogP) is 3.80. The molecule has 0 bridgehead atoms. The van der Waals surface area contributed by atoms with E-state index in [1.54, 1.807) is 7.05 Å². The minimum atomic E-state index is -0.544. The van der Waals surface area contributed by atoms with E-state index in [2.05, 4.69) is 15.6 Å². The van der Waals surface area contributed by atoms with Crippen LogP contribution < -0.4 is 10.6 Å². The highest BCUT2D eigenvalue weighted by molar-refractivity contribution is 7.14. The van der Waals surface area contributed by atoms with Crippen molar-refractivity contribution in [3.05, 3.63) is 35.7 Å². The number of likely N-dealkylation sites (N-methyl/N-ethyl adjacent to an activating group) is 1. The first kappa shape index (κ1) is 19.7. The molecule has 0 fully saturated rings. The van der Waals surface area contributed by atoms with Gasteiger partial charge in [0.15, 0.2) is 5.13 Å². The van der Waals surface area contributed by atoms with Crippen molar-refractivity contribution in [3.63, 3.8) is 0 Å². The number of hydrogen-bond acceptors (Lipinski definition) is 5. The number of thiazole rings is 1. The van der Waals surface area contributed by atoms with Crippen molar-refractivity contribution in [1.29, 1.82) is 0 Å². The summed E-state index contributed by atoms with van der Waals surface area (Å²) in [4.78, 5) is 29.6. The lowest BCUT2D eigenvalue weighted by Crippen LogP contribution is -2.40. The van der Waals surface area contributed by atoms with Crippen LogP contribution in [0.2, 0.25) is 0 Å². The predicted molar refractivity (Wildman–Crippen MR) is 103 cm³/mol. The van der Waals surface area contributed by atoms with Crippen LogP contribution in [0.4, 0.5) is 14.7 Å². The number of ether oxygens (including phenoxy) is 1. The lowest BCUT2D eigenvalue weighted by molar-refractivity contribution is 0.0301. The Labute approximate surface area is 157 Å². The summed E-state index contributed by atoms with van der Waals surface area (Å²) >= 11 is 1.36. The number of carbonyl (C=O) groups excluding carboxylic acids is 2. The van der Waals surface area contributed by atoms with Crippen LogP contribution in [0.3, 0.4) is 0 Å². The van der Waals surface area contributed by atoms with E-state index in [-0.39, 0.29) is 6.03 Å². The van der Waals surface area contributed by atoms with E-state index in [0.29, 0.717) is 18.2 Å². The molecule has 3 amide bonds. The highest BCUT2D eigenvalue weighted by Crippen LogP contribution is 2.24. The van der Waals surface area contributed by atoms with Crippen LogP contribution in [-0.4, -0.2) is 47.7 Å². The van der Waals surface area contributed by atoms with Crippen molar-refractivity contribution >= 4 is 28.6 Å². The van der Waals surface area contributed by atoms with Gasteiger partial charge in [0.1, 0.15) is 5.60 Å². The second kappa shape index (κ2) is 8.66. The molecular formula is C18H24N4O3S. The topological polar surface area (TPSA) is 83.6 Å². The second-order valence-corrected chi connectivity index (χ2v) is 7.54. The number of nitrogens with one attached hydrogen (secondary N) is 2. The smallest absolute Gasteiger partial charge is 0.410 e. The molecular weight excluding hydrogens is 352 g/mol. The number of rotatable bonds is 5. The largest absolute Gasteiger partial charge is 0.444 e. The highest BCUT2D eigenvalue weighted by atomic mass is 32.1. The van der Waals surface area contributed by atoms with E-state index in [9.17, 15) is 9.59 Å². The average Bonchev–Trinajstić information content (AvgIpc) is 3.02. The quantitative estimate of drug-likeness (QED) is 0.831. The number of urea groups is 1. The highest BCUT2D eigenvalue weighted by Gasteiger charge is 2.19. The monoisotopic (exact) mass is 376 g/mol. The first-order chi connectivity index (χ1) is 12.2. The molecule has 0 radical (unpaired) electrons. The van der Waals surface area contributed by atoms with Crippen LogP contribution in [0.25, 0.3) is 11.3 Å². The van der Waals surface area contributed by atoms with E-state index in [1.165, 1.54) is 16.2 Å². The van der Waals surface area contributed by atoms with E-state index in [0.717, 1.165) is 11.3 Å². The molecule has 2 aromatic rings. The minimum absolute atomic E-state index is 0.304. The molecule has 1 aromatic carbocycles. The molecule has 2 rings (SSSR count). The fourth-order valence-electron chi connectivity index (χ4n) is 1.98. The Morgan fingerprint density at radius 3 is 2.58 bits per heavy atom. The summed E-state index contributed by atoms with van der Waals surface area (Å²) in [6.07, 6.45) is -0.424. The third kappa shape index (κ3) is 6.36. The Bertz CT molecular complexity index is 740. The maximum absolute atomic E-state index is 11.9. The van der Waals surface area contributed by atoms with Gasteiger partial charge in [0.05, 0.1) is 5.69 Å². The molecule has 0 saturated carbocycles. The second-order valence-electron chi connectivity index (χ2n) is 6.69. The molecule has 0 saturated heterocycles. The van der Waals surface area contributed by atoms with Gasteiger partial charge in [0.2, 0.25) is 0 Å². The molecule has 0 aliphatic rings. The van der Waals surface area contributed by atoms with Crippen molar-refractivity contribution in [3.8, 4) is 11.3 Å². The molecule has 2 N–H and O–H groups in total. The van der Waals surface area contributed by atoms with Crippen LogP contribution in [0.15, 0.2) is 35.7 Å². The van der Waals surface area contributed by atoms with E-state index < -0.39 is 11.7 Å². The number of hydrogen-bond donors (Lipinski definition) is 2. The standard InChI is InChI=1S/C18H24N4O3S/c1-18(2,3)25-17(24)22(4)11-10-19-15(23)21-16-20-14(12-26-16)13-8-6-5-7-9-13/h5-9,12H,10-11H2,1-4H3,(H2,19,20,21,23). The molecule has 0 atom stereocenters. The average molecular weight is 376 g/mol. The zero-order valence-electron chi connectivity index (χ0n) is 15.4. The maximum atomic E-state index is 11.9. The molecule has 0 aliphatic carbocycles. The summed E-state index contributed by atoms with van der Waals surface area (Å²) in [7, 11) is 1.63. The van der Waals surface area contributed by atoms with Gasteiger partial charge in [-0.3, -0.25) is 5.32 Å². The van der Waals surface area contributed by atoms with Gasteiger partial charge in [-0.05, 0) is 20.8 Å². The third-order valence-electron chi connectivity index (χ3n) is 3.23. The Kier molecular flexibility index (Phi) is 6.57.